The van der Waals surface area contributed by atoms with Gasteiger partial charge in [-0.25, -0.2) is 4.68 Å². The van der Waals surface area contributed by atoms with Crippen LogP contribution in [0.5, 0.6) is 0 Å². The Kier molecular flexibility index (Phi) is 3.29. The summed E-state index contributed by atoms with van der Waals surface area (Å²) in [6.45, 7) is 2.54. The first-order chi connectivity index (χ1) is 7.24. The molecule has 0 bridgehead atoms. The minimum absolute atomic E-state index is 0.0171. The monoisotopic (exact) mass is 230 g/mol. The van der Waals surface area contributed by atoms with Crippen LogP contribution in [-0.4, -0.2) is 21.5 Å². The van der Waals surface area contributed by atoms with Gasteiger partial charge >= 0.3 is 0 Å². The molecule has 0 aromatic carbocycles. The summed E-state index contributed by atoms with van der Waals surface area (Å²) >= 11 is 6.03. The predicted octanol–water partition coefficient (Wildman–Crippen LogP) is 2.04. The molecule has 5 heteroatoms. The maximum atomic E-state index is 9.05. The van der Waals surface area contributed by atoms with E-state index < -0.39 is 0 Å². The molecule has 84 valence electrons. The van der Waals surface area contributed by atoms with E-state index in [4.69, 9.17) is 21.4 Å². The van der Waals surface area contributed by atoms with Crippen molar-refractivity contribution in [2.75, 3.05) is 6.61 Å². The first-order valence-corrected chi connectivity index (χ1v) is 5.57. The maximum Gasteiger partial charge on any atom is 0.150 e. The number of hydrogen-bond donors (Lipinski definition) is 1. The third-order valence-electron chi connectivity index (χ3n) is 2.72. The van der Waals surface area contributed by atoms with Gasteiger partial charge in [-0.1, -0.05) is 11.6 Å². The SMILES string of the molecule is Cc1c(Cl)c(CO)nn1C1CCCCO1. The highest BCUT2D eigenvalue weighted by molar-refractivity contribution is 6.31. The van der Waals surface area contributed by atoms with Gasteiger partial charge < -0.3 is 9.84 Å². The third-order valence-corrected chi connectivity index (χ3v) is 3.21. The summed E-state index contributed by atoms with van der Waals surface area (Å²) < 4.78 is 7.40. The first-order valence-electron chi connectivity index (χ1n) is 5.20. The standard InChI is InChI=1S/C10H15ClN2O2/c1-7-10(11)8(6-14)12-13(7)9-4-2-3-5-15-9/h9,14H,2-6H2,1H3. The van der Waals surface area contributed by atoms with Crippen LogP contribution < -0.4 is 0 Å². The molecule has 0 radical (unpaired) electrons. The average Bonchev–Trinajstić information content (AvgIpc) is 2.57. The number of aliphatic hydroxyl groups excluding tert-OH is 1. The smallest absolute Gasteiger partial charge is 0.150 e. The van der Waals surface area contributed by atoms with Crippen LogP contribution in [0, 0.1) is 6.92 Å². The highest BCUT2D eigenvalue weighted by atomic mass is 35.5. The summed E-state index contributed by atoms with van der Waals surface area (Å²) in [6, 6.07) is 0. The molecule has 2 heterocycles. The van der Waals surface area contributed by atoms with Crippen molar-refractivity contribution in [3.8, 4) is 0 Å². The van der Waals surface area contributed by atoms with E-state index in [2.05, 4.69) is 5.10 Å². The molecule has 0 aliphatic carbocycles. The normalized spacial score (nSPS) is 21.9. The quantitative estimate of drug-likeness (QED) is 0.846. The maximum absolute atomic E-state index is 9.05. The number of halogens is 1. The van der Waals surface area contributed by atoms with E-state index in [1.807, 2.05) is 6.92 Å². The van der Waals surface area contributed by atoms with E-state index in [0.29, 0.717) is 10.7 Å². The van der Waals surface area contributed by atoms with Crippen molar-refractivity contribution in [2.24, 2.45) is 0 Å². The summed E-state index contributed by atoms with van der Waals surface area (Å²) in [5.41, 5.74) is 1.40. The Morgan fingerprint density at radius 2 is 2.40 bits per heavy atom. The fourth-order valence-corrected chi connectivity index (χ4v) is 2.04. The lowest BCUT2D eigenvalue weighted by Gasteiger charge is -2.23. The number of ether oxygens (including phenoxy) is 1. The van der Waals surface area contributed by atoms with Crippen LogP contribution in [0.2, 0.25) is 5.02 Å². The molecule has 1 atom stereocenters. The van der Waals surface area contributed by atoms with Gasteiger partial charge in [0.25, 0.3) is 0 Å². The van der Waals surface area contributed by atoms with E-state index in [-0.39, 0.29) is 12.8 Å². The molecule has 1 fully saturated rings. The van der Waals surface area contributed by atoms with E-state index in [0.717, 1.165) is 31.6 Å². The minimum atomic E-state index is -0.126. The molecule has 4 nitrogen and oxygen atoms in total. The second kappa shape index (κ2) is 4.51. The molecule has 0 amide bonds. The number of rotatable bonds is 2. The third kappa shape index (κ3) is 2.02. The van der Waals surface area contributed by atoms with Crippen molar-refractivity contribution < 1.29 is 9.84 Å². The molecule has 1 saturated heterocycles. The fraction of sp³-hybridized carbons (Fsp3) is 0.700. The van der Waals surface area contributed by atoms with Crippen molar-refractivity contribution in [2.45, 2.75) is 39.0 Å². The van der Waals surface area contributed by atoms with Crippen LogP contribution >= 0.6 is 11.6 Å². The van der Waals surface area contributed by atoms with E-state index >= 15 is 0 Å². The summed E-state index contributed by atoms with van der Waals surface area (Å²) in [4.78, 5) is 0. The van der Waals surface area contributed by atoms with E-state index in [1.165, 1.54) is 0 Å². The lowest BCUT2D eigenvalue weighted by atomic mass is 10.2. The minimum Gasteiger partial charge on any atom is -0.390 e. The Labute approximate surface area is 93.8 Å². The summed E-state index contributed by atoms with van der Waals surface area (Å²) in [7, 11) is 0. The molecule has 1 aliphatic rings. The molecule has 1 N–H and O–H groups in total. The Morgan fingerprint density at radius 3 is 2.93 bits per heavy atom. The molecular formula is C10H15ClN2O2. The second-order valence-corrected chi connectivity index (χ2v) is 4.15. The van der Waals surface area contributed by atoms with E-state index in [9.17, 15) is 0 Å². The number of aromatic nitrogens is 2. The van der Waals surface area contributed by atoms with Gasteiger partial charge in [-0.2, -0.15) is 5.10 Å². The predicted molar refractivity (Wildman–Crippen MR) is 56.7 cm³/mol. The molecule has 0 saturated carbocycles. The Bertz CT molecular complexity index is 345. The number of aliphatic hydroxyl groups is 1. The van der Waals surface area contributed by atoms with Gasteiger partial charge in [0.05, 0.1) is 17.3 Å². The van der Waals surface area contributed by atoms with Gasteiger partial charge in [-0.15, -0.1) is 0 Å². The Morgan fingerprint density at radius 1 is 1.60 bits per heavy atom. The van der Waals surface area contributed by atoms with Crippen LogP contribution in [0.3, 0.4) is 0 Å². The van der Waals surface area contributed by atoms with Gasteiger partial charge in [0, 0.05) is 6.61 Å². The van der Waals surface area contributed by atoms with E-state index in [1.54, 1.807) is 4.68 Å². The Hall–Kier alpha value is -0.580. The average molecular weight is 231 g/mol. The number of nitrogens with zero attached hydrogens (tertiary/aromatic N) is 2. The molecule has 1 aromatic rings. The molecule has 0 spiro atoms. The number of hydrogen-bond acceptors (Lipinski definition) is 3. The second-order valence-electron chi connectivity index (χ2n) is 3.77. The molecule has 1 aliphatic heterocycles. The van der Waals surface area contributed by atoms with Crippen molar-refractivity contribution in [3.05, 3.63) is 16.4 Å². The lowest BCUT2D eigenvalue weighted by molar-refractivity contribution is -0.0409. The zero-order valence-electron chi connectivity index (χ0n) is 8.74. The molecule has 1 unspecified atom stereocenters. The summed E-state index contributed by atoms with van der Waals surface area (Å²) in [5, 5.41) is 13.9. The molecule has 2 rings (SSSR count). The van der Waals surface area contributed by atoms with Gasteiger partial charge in [-0.05, 0) is 26.2 Å². The highest BCUT2D eigenvalue weighted by Gasteiger charge is 2.21. The topological polar surface area (TPSA) is 47.3 Å². The molecular weight excluding hydrogens is 216 g/mol. The zero-order valence-corrected chi connectivity index (χ0v) is 9.50. The van der Waals surface area contributed by atoms with Crippen molar-refractivity contribution >= 4 is 11.6 Å². The van der Waals surface area contributed by atoms with Gasteiger partial charge in [0.15, 0.2) is 6.23 Å². The van der Waals surface area contributed by atoms with Crippen LogP contribution in [0.15, 0.2) is 0 Å². The zero-order chi connectivity index (χ0) is 10.8. The van der Waals surface area contributed by atoms with Crippen molar-refractivity contribution in [3.63, 3.8) is 0 Å². The van der Waals surface area contributed by atoms with Gasteiger partial charge in [0.2, 0.25) is 0 Å². The summed E-state index contributed by atoms with van der Waals surface area (Å²) in [5.74, 6) is 0. The van der Waals surface area contributed by atoms with Crippen LogP contribution in [-0.2, 0) is 11.3 Å². The van der Waals surface area contributed by atoms with Gasteiger partial charge in [0.1, 0.15) is 5.69 Å². The van der Waals surface area contributed by atoms with Crippen molar-refractivity contribution in [1.82, 2.24) is 9.78 Å². The van der Waals surface area contributed by atoms with Crippen LogP contribution in [0.1, 0.15) is 36.9 Å². The van der Waals surface area contributed by atoms with Crippen molar-refractivity contribution in [1.29, 1.82) is 0 Å². The highest BCUT2D eigenvalue weighted by Crippen LogP contribution is 2.28. The molecule has 1 aromatic heterocycles. The lowest BCUT2D eigenvalue weighted by Crippen LogP contribution is -2.20. The van der Waals surface area contributed by atoms with Gasteiger partial charge in [-0.3, -0.25) is 0 Å². The Balaban J connectivity index is 2.26. The first kappa shape index (κ1) is 10.9. The fourth-order valence-electron chi connectivity index (χ4n) is 1.86. The van der Waals surface area contributed by atoms with Crippen LogP contribution in [0.4, 0.5) is 0 Å². The largest absolute Gasteiger partial charge is 0.390 e. The molecule has 15 heavy (non-hydrogen) atoms. The summed E-state index contributed by atoms with van der Waals surface area (Å²) in [6.07, 6.45) is 3.20. The van der Waals surface area contributed by atoms with Crippen LogP contribution in [0.25, 0.3) is 0 Å².